The molecule has 1 amide bonds. The smallest absolute Gasteiger partial charge is 0.277 e. The molecule has 168 valence electrons. The number of benzene rings is 1. The predicted molar refractivity (Wildman–Crippen MR) is 117 cm³/mol. The standard InChI is InChI=1S/C20H24N7O2.CH2O2/c1-4-26-15-7-6-13(29-3)10-16(15)27(5-2)17(26)11-25(12-28)20-18(21)24-19-14(23-20)8-9-22-19;2-1-3/h6-10,12H,4-5,11H2,1-3H3,(H3,21,22,24);1H,(H,2,3)/q+1;/p-1. The molecule has 32 heavy (non-hydrogen) atoms. The van der Waals surface area contributed by atoms with Gasteiger partial charge in [-0.05, 0) is 32.0 Å². The van der Waals surface area contributed by atoms with E-state index in [0.29, 0.717) is 23.5 Å². The lowest BCUT2D eigenvalue weighted by atomic mass is 10.3. The second-order valence-corrected chi connectivity index (χ2v) is 6.73. The third-order valence-electron chi connectivity index (χ3n) is 5.12. The Balaban J connectivity index is 0.000000913. The van der Waals surface area contributed by atoms with Gasteiger partial charge in [0, 0.05) is 18.7 Å². The average molecular weight is 439 g/mol. The highest BCUT2D eigenvalue weighted by Crippen LogP contribution is 2.25. The van der Waals surface area contributed by atoms with Crippen LogP contribution in [0.1, 0.15) is 19.7 Å². The minimum Gasteiger partial charge on any atom is -0.554 e. The summed E-state index contributed by atoms with van der Waals surface area (Å²) < 4.78 is 9.76. The van der Waals surface area contributed by atoms with Crippen molar-refractivity contribution in [1.82, 2.24) is 19.5 Å². The van der Waals surface area contributed by atoms with Gasteiger partial charge in [-0.25, -0.2) is 19.1 Å². The highest BCUT2D eigenvalue weighted by atomic mass is 16.5. The first-order valence-electron chi connectivity index (χ1n) is 9.99. The summed E-state index contributed by atoms with van der Waals surface area (Å²) in [6.45, 7) is 5.48. The molecule has 4 aromatic rings. The van der Waals surface area contributed by atoms with Gasteiger partial charge in [-0.15, -0.1) is 0 Å². The Labute approximate surface area is 184 Å². The zero-order chi connectivity index (χ0) is 23.3. The number of imidazole rings is 1. The van der Waals surface area contributed by atoms with Crippen molar-refractivity contribution in [3.63, 3.8) is 0 Å². The van der Waals surface area contributed by atoms with E-state index in [1.54, 1.807) is 19.4 Å². The van der Waals surface area contributed by atoms with Crippen LogP contribution in [0, 0.1) is 0 Å². The number of amides is 1. The maximum atomic E-state index is 12.0. The van der Waals surface area contributed by atoms with Crippen molar-refractivity contribution < 1.29 is 24.0 Å². The fraction of sp³-hybridized carbons (Fsp3) is 0.286. The van der Waals surface area contributed by atoms with Crippen LogP contribution in [0.4, 0.5) is 11.6 Å². The number of nitrogens with one attached hydrogen (secondary N) is 1. The number of carbonyl (C=O) groups is 2. The van der Waals surface area contributed by atoms with Gasteiger partial charge in [0.1, 0.15) is 17.8 Å². The summed E-state index contributed by atoms with van der Waals surface area (Å²) in [5.74, 6) is 2.32. The van der Waals surface area contributed by atoms with Crippen LogP contribution in [0.2, 0.25) is 0 Å². The van der Waals surface area contributed by atoms with Crippen LogP contribution in [0.25, 0.3) is 22.2 Å². The molecular formula is C21H25N7O4. The SMILES string of the molecule is CCn1c(CN(C=O)c2nc3cc[nH]c3nc2N)[n+](CC)c2ccc(OC)cc21.O=C[O-]. The number of H-pyrrole nitrogens is 1. The largest absolute Gasteiger partial charge is 0.554 e. The van der Waals surface area contributed by atoms with Crippen molar-refractivity contribution in [3.05, 3.63) is 36.3 Å². The molecule has 3 heterocycles. The molecule has 0 aliphatic carbocycles. The van der Waals surface area contributed by atoms with Crippen LogP contribution in [0.15, 0.2) is 30.5 Å². The quantitative estimate of drug-likeness (QED) is 0.312. The molecule has 3 N–H and O–H groups in total. The van der Waals surface area contributed by atoms with Gasteiger partial charge in [-0.1, -0.05) is 0 Å². The Bertz CT molecular complexity index is 1250. The first kappa shape index (κ1) is 22.5. The number of carbonyl (C=O) groups excluding carboxylic acids is 2. The second-order valence-electron chi connectivity index (χ2n) is 6.73. The van der Waals surface area contributed by atoms with E-state index in [1.807, 2.05) is 18.2 Å². The molecular weight excluding hydrogens is 414 g/mol. The molecule has 11 heteroatoms. The normalized spacial score (nSPS) is 10.6. The highest BCUT2D eigenvalue weighted by molar-refractivity contribution is 5.84. The van der Waals surface area contributed by atoms with Crippen molar-refractivity contribution in [2.75, 3.05) is 17.7 Å². The summed E-state index contributed by atoms with van der Waals surface area (Å²) in [5.41, 5.74) is 9.49. The van der Waals surface area contributed by atoms with Crippen LogP contribution in [-0.4, -0.2) is 39.5 Å². The number of rotatable bonds is 7. The lowest BCUT2D eigenvalue weighted by Crippen LogP contribution is -2.40. The number of hydrogen-bond donors (Lipinski definition) is 2. The number of nitrogen functional groups attached to an aromatic ring is 1. The average Bonchev–Trinajstić information content (AvgIpc) is 3.37. The minimum absolute atomic E-state index is 0.205. The molecule has 0 bridgehead atoms. The molecule has 0 aliphatic rings. The number of nitrogens with two attached hydrogens (primary N) is 1. The van der Waals surface area contributed by atoms with E-state index in [2.05, 4.69) is 37.9 Å². The Morgan fingerprint density at radius 1 is 1.28 bits per heavy atom. The van der Waals surface area contributed by atoms with E-state index in [4.69, 9.17) is 20.4 Å². The van der Waals surface area contributed by atoms with Gasteiger partial charge in [0.25, 0.3) is 5.82 Å². The first-order chi connectivity index (χ1) is 15.5. The summed E-state index contributed by atoms with van der Waals surface area (Å²) in [5, 5.41) is 8.25. The topological polar surface area (TPSA) is 146 Å². The number of anilines is 2. The molecule has 1 aromatic carbocycles. The fourth-order valence-electron chi connectivity index (χ4n) is 3.77. The van der Waals surface area contributed by atoms with Gasteiger partial charge in [0.15, 0.2) is 28.3 Å². The zero-order valence-corrected chi connectivity index (χ0v) is 18.1. The number of methoxy groups -OCH3 is 1. The maximum Gasteiger partial charge on any atom is 0.277 e. The highest BCUT2D eigenvalue weighted by Gasteiger charge is 2.27. The molecule has 0 saturated heterocycles. The minimum atomic E-state index is -0.500. The first-order valence-corrected chi connectivity index (χ1v) is 9.99. The molecule has 3 aromatic heterocycles. The van der Waals surface area contributed by atoms with E-state index in [-0.39, 0.29) is 5.82 Å². The summed E-state index contributed by atoms with van der Waals surface area (Å²) in [7, 11) is 1.65. The van der Waals surface area contributed by atoms with Crippen molar-refractivity contribution >= 4 is 46.7 Å². The number of carboxylic acid groups (broad SMARTS) is 1. The summed E-state index contributed by atoms with van der Waals surface area (Å²) in [6.07, 6.45) is 2.49. The zero-order valence-electron chi connectivity index (χ0n) is 18.1. The molecule has 0 unspecified atom stereocenters. The Hall–Kier alpha value is -4.15. The molecule has 4 rings (SSSR count). The van der Waals surface area contributed by atoms with Gasteiger partial charge in [-0.3, -0.25) is 9.69 Å². The molecule has 0 fully saturated rings. The molecule has 0 saturated carbocycles. The number of fused-ring (bicyclic) bond motifs is 2. The van der Waals surface area contributed by atoms with Crippen molar-refractivity contribution in [1.29, 1.82) is 0 Å². The fourth-order valence-corrected chi connectivity index (χ4v) is 3.77. The van der Waals surface area contributed by atoms with E-state index in [9.17, 15) is 4.79 Å². The molecule has 11 nitrogen and oxygen atoms in total. The number of hydrogen-bond acceptors (Lipinski definition) is 7. The van der Waals surface area contributed by atoms with E-state index in [1.165, 1.54) is 4.90 Å². The Morgan fingerprint density at radius 2 is 2.03 bits per heavy atom. The number of aryl methyl sites for hydroxylation is 2. The molecule has 0 atom stereocenters. The van der Waals surface area contributed by atoms with Crippen LogP contribution >= 0.6 is 0 Å². The van der Waals surface area contributed by atoms with Gasteiger partial charge >= 0.3 is 0 Å². The maximum absolute atomic E-state index is 12.0. The van der Waals surface area contributed by atoms with Gasteiger partial charge in [-0.2, -0.15) is 0 Å². The van der Waals surface area contributed by atoms with Crippen LogP contribution in [0.3, 0.4) is 0 Å². The van der Waals surface area contributed by atoms with Crippen LogP contribution in [0.5, 0.6) is 5.75 Å². The lowest BCUT2D eigenvalue weighted by molar-refractivity contribution is -0.676. The number of aromatic amines is 1. The van der Waals surface area contributed by atoms with Crippen molar-refractivity contribution in [2.45, 2.75) is 33.5 Å². The van der Waals surface area contributed by atoms with Gasteiger partial charge < -0.3 is 25.4 Å². The lowest BCUT2D eigenvalue weighted by Gasteiger charge is -2.16. The van der Waals surface area contributed by atoms with Crippen LogP contribution in [-0.2, 0) is 29.2 Å². The molecule has 0 aliphatic heterocycles. The van der Waals surface area contributed by atoms with Crippen LogP contribution < -0.4 is 25.0 Å². The molecule has 0 radical (unpaired) electrons. The van der Waals surface area contributed by atoms with Crippen molar-refractivity contribution in [3.8, 4) is 5.75 Å². The number of nitrogens with zero attached hydrogens (tertiary/aromatic N) is 5. The summed E-state index contributed by atoms with van der Waals surface area (Å²) in [6, 6.07) is 7.80. The second kappa shape index (κ2) is 9.77. The van der Waals surface area contributed by atoms with Gasteiger partial charge in [0.05, 0.1) is 20.2 Å². The van der Waals surface area contributed by atoms with Gasteiger partial charge in [0.2, 0.25) is 6.41 Å². The molecule has 0 spiro atoms. The van der Waals surface area contributed by atoms with E-state index < -0.39 is 6.47 Å². The summed E-state index contributed by atoms with van der Waals surface area (Å²) >= 11 is 0. The third kappa shape index (κ3) is 4.04. The van der Waals surface area contributed by atoms with E-state index >= 15 is 0 Å². The number of ether oxygens (including phenoxy) is 1. The van der Waals surface area contributed by atoms with E-state index in [0.717, 1.165) is 42.1 Å². The summed E-state index contributed by atoms with van der Waals surface area (Å²) in [4.78, 5) is 33.6. The monoisotopic (exact) mass is 439 g/mol. The Kier molecular flexibility index (Phi) is 6.88. The van der Waals surface area contributed by atoms with Crippen molar-refractivity contribution in [2.24, 2.45) is 0 Å². The Morgan fingerprint density at radius 3 is 2.66 bits per heavy atom. The third-order valence-corrected chi connectivity index (χ3v) is 5.12. The predicted octanol–water partition coefficient (Wildman–Crippen LogP) is 0.360. The number of aromatic nitrogens is 5.